The van der Waals surface area contributed by atoms with Gasteiger partial charge in [-0.25, -0.2) is 0 Å². The van der Waals surface area contributed by atoms with Crippen LogP contribution in [0.3, 0.4) is 0 Å². The quantitative estimate of drug-likeness (QED) is 0.844. The molecule has 0 aliphatic heterocycles. The van der Waals surface area contributed by atoms with E-state index in [-0.39, 0.29) is 18.4 Å². The van der Waals surface area contributed by atoms with E-state index in [1.807, 2.05) is 32.0 Å². The molecular formula is C19H22N2O4. The summed E-state index contributed by atoms with van der Waals surface area (Å²) in [6.45, 7) is 5.15. The number of ether oxygens (including phenoxy) is 2. The Balaban J connectivity index is 2.07. The number of nitrogens with one attached hydrogen (secondary N) is 2. The molecule has 0 fully saturated rings. The lowest BCUT2D eigenvalue weighted by atomic mass is 10.1. The topological polar surface area (TPSA) is 76.7 Å². The molecule has 0 saturated heterocycles. The molecule has 132 valence electrons. The number of hydrogen-bond donors (Lipinski definition) is 2. The highest BCUT2D eigenvalue weighted by atomic mass is 16.5. The Morgan fingerprint density at radius 2 is 1.72 bits per heavy atom. The summed E-state index contributed by atoms with van der Waals surface area (Å²) < 4.78 is 10.9. The second-order valence-corrected chi connectivity index (χ2v) is 5.65. The van der Waals surface area contributed by atoms with Gasteiger partial charge in [-0.15, -0.1) is 0 Å². The van der Waals surface area contributed by atoms with Crippen molar-refractivity contribution in [3.63, 3.8) is 0 Å². The predicted octanol–water partition coefficient (Wildman–Crippen LogP) is 3.29. The molecule has 0 aromatic heterocycles. The van der Waals surface area contributed by atoms with E-state index in [4.69, 9.17) is 9.47 Å². The van der Waals surface area contributed by atoms with E-state index in [1.54, 1.807) is 18.2 Å². The van der Waals surface area contributed by atoms with Crippen LogP contribution in [0.25, 0.3) is 0 Å². The van der Waals surface area contributed by atoms with Crippen molar-refractivity contribution in [3.05, 3.63) is 47.5 Å². The molecule has 0 atom stereocenters. The second kappa shape index (κ2) is 8.19. The van der Waals surface area contributed by atoms with E-state index in [0.717, 1.165) is 11.1 Å². The molecule has 0 spiro atoms. The summed E-state index contributed by atoms with van der Waals surface area (Å²) >= 11 is 0. The number of carbonyl (C=O) groups is 2. The molecule has 6 heteroatoms. The van der Waals surface area contributed by atoms with Crippen LogP contribution in [0.15, 0.2) is 36.4 Å². The van der Waals surface area contributed by atoms with Gasteiger partial charge in [0.05, 0.1) is 12.8 Å². The van der Waals surface area contributed by atoms with Gasteiger partial charge < -0.3 is 20.1 Å². The number of hydrogen-bond acceptors (Lipinski definition) is 4. The van der Waals surface area contributed by atoms with Gasteiger partial charge in [-0.05, 0) is 43.2 Å². The third-order valence-electron chi connectivity index (χ3n) is 3.55. The number of benzene rings is 2. The van der Waals surface area contributed by atoms with Crippen molar-refractivity contribution in [2.45, 2.75) is 20.8 Å². The second-order valence-electron chi connectivity index (χ2n) is 5.65. The highest BCUT2D eigenvalue weighted by Crippen LogP contribution is 2.28. The number of aryl methyl sites for hydroxylation is 2. The molecule has 2 amide bonds. The average Bonchev–Trinajstić information content (AvgIpc) is 2.54. The van der Waals surface area contributed by atoms with Crippen LogP contribution in [0.5, 0.6) is 11.5 Å². The molecule has 0 saturated carbocycles. The molecule has 0 radical (unpaired) electrons. The molecular weight excluding hydrogens is 320 g/mol. The maximum atomic E-state index is 12.2. The van der Waals surface area contributed by atoms with Crippen molar-refractivity contribution in [1.29, 1.82) is 0 Å². The Kier molecular flexibility index (Phi) is 6.00. The molecule has 2 aromatic carbocycles. The zero-order valence-corrected chi connectivity index (χ0v) is 14.8. The van der Waals surface area contributed by atoms with Crippen molar-refractivity contribution in [2.24, 2.45) is 0 Å². The average molecular weight is 342 g/mol. The van der Waals surface area contributed by atoms with Gasteiger partial charge in [0.1, 0.15) is 11.5 Å². The fourth-order valence-corrected chi connectivity index (χ4v) is 2.44. The number of rotatable bonds is 6. The zero-order chi connectivity index (χ0) is 18.4. The molecule has 0 aliphatic carbocycles. The zero-order valence-electron chi connectivity index (χ0n) is 14.8. The summed E-state index contributed by atoms with van der Waals surface area (Å²) in [5.41, 5.74) is 2.97. The van der Waals surface area contributed by atoms with Crippen LogP contribution < -0.4 is 20.1 Å². The van der Waals surface area contributed by atoms with Crippen LogP contribution in [0, 0.1) is 13.8 Å². The number of amides is 2. The molecule has 6 nitrogen and oxygen atoms in total. The lowest BCUT2D eigenvalue weighted by Crippen LogP contribution is -2.21. The Labute approximate surface area is 147 Å². The lowest BCUT2D eigenvalue weighted by Gasteiger charge is -2.14. The molecule has 0 bridgehead atoms. The van der Waals surface area contributed by atoms with E-state index >= 15 is 0 Å². The summed E-state index contributed by atoms with van der Waals surface area (Å²) in [4.78, 5) is 23.4. The van der Waals surface area contributed by atoms with Crippen molar-refractivity contribution >= 4 is 23.2 Å². The lowest BCUT2D eigenvalue weighted by molar-refractivity contribution is -0.118. The Morgan fingerprint density at radius 1 is 1.04 bits per heavy atom. The third-order valence-corrected chi connectivity index (χ3v) is 3.55. The van der Waals surface area contributed by atoms with Crippen LogP contribution >= 0.6 is 0 Å². The Bertz CT molecular complexity index is 767. The molecule has 2 aromatic rings. The van der Waals surface area contributed by atoms with Crippen LogP contribution in [-0.4, -0.2) is 25.5 Å². The summed E-state index contributed by atoms with van der Waals surface area (Å²) in [6, 6.07) is 10.8. The van der Waals surface area contributed by atoms with Gasteiger partial charge in [-0.1, -0.05) is 18.2 Å². The number of methoxy groups -OCH3 is 1. The van der Waals surface area contributed by atoms with Crippen molar-refractivity contribution in [2.75, 3.05) is 24.4 Å². The van der Waals surface area contributed by atoms with Gasteiger partial charge in [-0.2, -0.15) is 0 Å². The van der Waals surface area contributed by atoms with Gasteiger partial charge in [0.25, 0.3) is 5.91 Å². The monoisotopic (exact) mass is 342 g/mol. The van der Waals surface area contributed by atoms with Crippen LogP contribution in [0.1, 0.15) is 18.1 Å². The summed E-state index contributed by atoms with van der Waals surface area (Å²) in [6.07, 6.45) is 0. The fraction of sp³-hybridized carbons (Fsp3) is 0.263. The smallest absolute Gasteiger partial charge is 0.262 e. The molecule has 0 heterocycles. The predicted molar refractivity (Wildman–Crippen MR) is 97.3 cm³/mol. The van der Waals surface area contributed by atoms with Gasteiger partial charge in [-0.3, -0.25) is 9.59 Å². The van der Waals surface area contributed by atoms with Crippen LogP contribution in [-0.2, 0) is 9.59 Å². The van der Waals surface area contributed by atoms with Gasteiger partial charge in [0.2, 0.25) is 5.91 Å². The maximum Gasteiger partial charge on any atom is 0.262 e. The van der Waals surface area contributed by atoms with Crippen molar-refractivity contribution in [3.8, 4) is 11.5 Å². The van der Waals surface area contributed by atoms with E-state index in [0.29, 0.717) is 22.9 Å². The first-order chi connectivity index (χ1) is 11.9. The van der Waals surface area contributed by atoms with E-state index < -0.39 is 0 Å². The first-order valence-corrected chi connectivity index (χ1v) is 7.85. The minimum atomic E-state index is -0.319. The molecule has 25 heavy (non-hydrogen) atoms. The minimum Gasteiger partial charge on any atom is -0.495 e. The molecule has 2 N–H and O–H groups in total. The van der Waals surface area contributed by atoms with E-state index in [1.165, 1.54) is 14.0 Å². The summed E-state index contributed by atoms with van der Waals surface area (Å²) in [5, 5.41) is 5.41. The van der Waals surface area contributed by atoms with Gasteiger partial charge >= 0.3 is 0 Å². The number of carbonyl (C=O) groups excluding carboxylic acids is 2. The van der Waals surface area contributed by atoms with Crippen molar-refractivity contribution in [1.82, 2.24) is 0 Å². The Hall–Kier alpha value is -3.02. The molecule has 0 aliphatic rings. The normalized spacial score (nSPS) is 10.1. The highest BCUT2D eigenvalue weighted by Gasteiger charge is 2.11. The maximum absolute atomic E-state index is 12.2. The third kappa shape index (κ3) is 4.97. The summed E-state index contributed by atoms with van der Waals surface area (Å²) in [7, 11) is 1.51. The molecule has 2 rings (SSSR count). The standard InChI is InChI=1S/C19H22N2O4/c1-12-6-5-7-13(2)19(12)25-11-18(23)21-16-10-15(20-14(3)22)8-9-17(16)24-4/h5-10H,11H2,1-4H3,(H,20,22)(H,21,23). The van der Waals surface area contributed by atoms with E-state index in [9.17, 15) is 9.59 Å². The number of para-hydroxylation sites is 1. The van der Waals surface area contributed by atoms with E-state index in [2.05, 4.69) is 10.6 Å². The minimum absolute atomic E-state index is 0.126. The first-order valence-electron chi connectivity index (χ1n) is 7.85. The largest absolute Gasteiger partial charge is 0.495 e. The summed E-state index contributed by atoms with van der Waals surface area (Å²) in [5.74, 6) is 0.688. The van der Waals surface area contributed by atoms with Crippen LogP contribution in [0.2, 0.25) is 0 Å². The van der Waals surface area contributed by atoms with Gasteiger partial charge in [0.15, 0.2) is 6.61 Å². The highest BCUT2D eigenvalue weighted by molar-refractivity contribution is 5.95. The fourth-order valence-electron chi connectivity index (χ4n) is 2.44. The molecule has 0 unspecified atom stereocenters. The Morgan fingerprint density at radius 3 is 2.32 bits per heavy atom. The van der Waals surface area contributed by atoms with Crippen LogP contribution in [0.4, 0.5) is 11.4 Å². The SMILES string of the molecule is COc1ccc(NC(C)=O)cc1NC(=O)COc1c(C)cccc1C. The first kappa shape index (κ1) is 18.3. The number of anilines is 2. The van der Waals surface area contributed by atoms with Crippen molar-refractivity contribution < 1.29 is 19.1 Å². The van der Waals surface area contributed by atoms with Gasteiger partial charge in [0, 0.05) is 12.6 Å².